The van der Waals surface area contributed by atoms with E-state index in [0.717, 1.165) is 12.0 Å². The molecule has 0 aromatic heterocycles. The fourth-order valence-corrected chi connectivity index (χ4v) is 2.97. The molecule has 0 spiro atoms. The lowest BCUT2D eigenvalue weighted by molar-refractivity contribution is 0.583. The van der Waals surface area contributed by atoms with Crippen LogP contribution >= 0.6 is 11.6 Å². The van der Waals surface area contributed by atoms with Crippen LogP contribution in [-0.2, 0) is 10.0 Å². The van der Waals surface area contributed by atoms with Crippen LogP contribution in [0.4, 0.5) is 0 Å². The molecule has 0 bridgehead atoms. The normalized spacial score (nSPS) is 15.3. The van der Waals surface area contributed by atoms with E-state index in [2.05, 4.69) is 11.6 Å². The van der Waals surface area contributed by atoms with Gasteiger partial charge in [-0.15, -0.1) is 11.6 Å². The average Bonchev–Trinajstić information content (AvgIpc) is 2.37. The summed E-state index contributed by atoms with van der Waals surface area (Å²) in [6.07, 6.45) is 0.889. The fourth-order valence-electron chi connectivity index (χ4n) is 1.79. The second kappa shape index (κ2) is 6.55. The number of halogens is 1. The zero-order valence-electron chi connectivity index (χ0n) is 11.0. The second-order valence-electron chi connectivity index (χ2n) is 4.28. The molecule has 0 radical (unpaired) electrons. The number of nitrogens with one attached hydrogen (secondary N) is 1. The van der Waals surface area contributed by atoms with Crippen LogP contribution in [0.3, 0.4) is 0 Å². The third kappa shape index (κ3) is 3.70. The number of sulfonamides is 1. The summed E-state index contributed by atoms with van der Waals surface area (Å²) in [6, 6.07) is 6.92. The molecule has 0 aliphatic carbocycles. The van der Waals surface area contributed by atoms with Gasteiger partial charge in [-0.1, -0.05) is 32.9 Å². The first kappa shape index (κ1) is 15.5. The van der Waals surface area contributed by atoms with Crippen LogP contribution in [0.25, 0.3) is 0 Å². The van der Waals surface area contributed by atoms with Crippen LogP contribution in [0.5, 0.6) is 0 Å². The van der Waals surface area contributed by atoms with Crippen LogP contribution in [0, 0.1) is 0 Å². The number of alkyl halides is 1. The summed E-state index contributed by atoms with van der Waals surface area (Å²) in [7, 11) is -3.36. The highest BCUT2D eigenvalue weighted by molar-refractivity contribution is 7.89. The van der Waals surface area contributed by atoms with E-state index >= 15 is 0 Å². The first-order valence-electron chi connectivity index (χ1n) is 6.16. The molecule has 0 saturated carbocycles. The van der Waals surface area contributed by atoms with E-state index in [0.29, 0.717) is 11.4 Å². The molecular formula is C13H20ClNO2S. The van der Waals surface area contributed by atoms with E-state index in [1.165, 1.54) is 0 Å². The lowest BCUT2D eigenvalue weighted by Crippen LogP contribution is -2.23. The van der Waals surface area contributed by atoms with E-state index in [4.69, 9.17) is 11.6 Å². The summed E-state index contributed by atoms with van der Waals surface area (Å²) in [4.78, 5) is 0.294. The molecule has 1 N–H and O–H groups in total. The van der Waals surface area contributed by atoms with Gasteiger partial charge in [0.05, 0.1) is 4.90 Å². The molecule has 1 aromatic carbocycles. The molecule has 18 heavy (non-hydrogen) atoms. The summed E-state index contributed by atoms with van der Waals surface area (Å²) < 4.78 is 26.0. The highest BCUT2D eigenvalue weighted by atomic mass is 35.5. The van der Waals surface area contributed by atoms with Crippen LogP contribution in [0.2, 0.25) is 0 Å². The first-order valence-corrected chi connectivity index (χ1v) is 8.08. The lowest BCUT2D eigenvalue weighted by atomic mass is 9.96. The Morgan fingerprint density at radius 3 is 2.22 bits per heavy atom. The Hall–Kier alpha value is -0.580. The van der Waals surface area contributed by atoms with Gasteiger partial charge in [-0.05, 0) is 30.0 Å². The van der Waals surface area contributed by atoms with Gasteiger partial charge >= 0.3 is 0 Å². The lowest BCUT2D eigenvalue weighted by Gasteiger charge is -2.17. The summed E-state index contributed by atoms with van der Waals surface area (Å²) in [5.41, 5.74) is 1.06. The molecule has 0 aliphatic rings. The van der Waals surface area contributed by atoms with Gasteiger partial charge in [-0.25, -0.2) is 13.1 Å². The van der Waals surface area contributed by atoms with Crippen molar-refractivity contribution in [3.05, 3.63) is 29.8 Å². The molecule has 0 aliphatic heterocycles. The zero-order chi connectivity index (χ0) is 13.8. The molecule has 5 heteroatoms. The van der Waals surface area contributed by atoms with Gasteiger partial charge in [0, 0.05) is 11.9 Å². The Balaban J connectivity index is 2.93. The third-order valence-corrected chi connectivity index (χ3v) is 5.23. The quantitative estimate of drug-likeness (QED) is 0.818. The molecule has 1 rings (SSSR count). The molecule has 0 fully saturated rings. The van der Waals surface area contributed by atoms with Crippen molar-refractivity contribution in [3.63, 3.8) is 0 Å². The smallest absolute Gasteiger partial charge is 0.211 e. The minimum absolute atomic E-state index is 0.0706. The molecule has 102 valence electrons. The largest absolute Gasteiger partial charge is 0.240 e. The van der Waals surface area contributed by atoms with Crippen LogP contribution in [-0.4, -0.2) is 20.3 Å². The van der Waals surface area contributed by atoms with E-state index in [9.17, 15) is 8.42 Å². The summed E-state index contributed by atoms with van der Waals surface area (Å²) >= 11 is 6.20. The van der Waals surface area contributed by atoms with Gasteiger partial charge in [0.15, 0.2) is 0 Å². The standard InChI is InChI=1S/C13H20ClNO2S/c1-4-13(14)10(3)11-6-8-12(9-7-11)18(16,17)15-5-2/h6-10,13,15H,4-5H2,1-3H3. The van der Waals surface area contributed by atoms with Crippen molar-refractivity contribution in [3.8, 4) is 0 Å². The molecule has 2 unspecified atom stereocenters. The van der Waals surface area contributed by atoms with Gasteiger partial charge in [-0.2, -0.15) is 0 Å². The molecule has 0 heterocycles. The summed E-state index contributed by atoms with van der Waals surface area (Å²) in [5, 5.41) is 0.0706. The van der Waals surface area contributed by atoms with Crippen molar-refractivity contribution in [2.45, 2.75) is 43.4 Å². The maximum absolute atomic E-state index is 11.8. The Bertz CT molecular complexity index is 470. The van der Waals surface area contributed by atoms with Crippen LogP contribution < -0.4 is 4.72 Å². The molecule has 3 nitrogen and oxygen atoms in total. The van der Waals surface area contributed by atoms with E-state index in [1.54, 1.807) is 19.1 Å². The maximum Gasteiger partial charge on any atom is 0.240 e. The first-order chi connectivity index (χ1) is 8.42. The SMILES string of the molecule is CCNS(=O)(=O)c1ccc(C(C)C(Cl)CC)cc1. The van der Waals surface area contributed by atoms with Crippen molar-refractivity contribution in [2.24, 2.45) is 0 Å². The van der Waals surface area contributed by atoms with Gasteiger partial charge < -0.3 is 0 Å². The Morgan fingerprint density at radius 2 is 1.78 bits per heavy atom. The molecular weight excluding hydrogens is 270 g/mol. The van der Waals surface area contributed by atoms with Crippen LogP contribution in [0.15, 0.2) is 29.2 Å². The zero-order valence-corrected chi connectivity index (χ0v) is 12.6. The number of benzene rings is 1. The van der Waals surface area contributed by atoms with Gasteiger partial charge in [0.25, 0.3) is 0 Å². The van der Waals surface area contributed by atoms with E-state index in [-0.39, 0.29) is 11.3 Å². The summed E-state index contributed by atoms with van der Waals surface area (Å²) in [5.74, 6) is 0.215. The fraction of sp³-hybridized carbons (Fsp3) is 0.538. The van der Waals surface area contributed by atoms with Crippen LogP contribution in [0.1, 0.15) is 38.7 Å². The topological polar surface area (TPSA) is 46.2 Å². The molecule has 0 amide bonds. The van der Waals surface area contributed by atoms with Crippen molar-refractivity contribution in [1.82, 2.24) is 4.72 Å². The van der Waals surface area contributed by atoms with Gasteiger partial charge in [-0.3, -0.25) is 0 Å². The molecule has 2 atom stereocenters. The minimum Gasteiger partial charge on any atom is -0.211 e. The number of rotatable bonds is 6. The Kier molecular flexibility index (Phi) is 5.63. The average molecular weight is 290 g/mol. The number of hydrogen-bond donors (Lipinski definition) is 1. The minimum atomic E-state index is -3.36. The van der Waals surface area contributed by atoms with E-state index < -0.39 is 10.0 Å². The van der Waals surface area contributed by atoms with Gasteiger partial charge in [0.1, 0.15) is 0 Å². The summed E-state index contributed by atoms with van der Waals surface area (Å²) in [6.45, 7) is 6.24. The van der Waals surface area contributed by atoms with E-state index in [1.807, 2.05) is 19.1 Å². The Morgan fingerprint density at radius 1 is 1.22 bits per heavy atom. The molecule has 1 aromatic rings. The Labute approximate surface area is 115 Å². The monoisotopic (exact) mass is 289 g/mol. The van der Waals surface area contributed by atoms with Gasteiger partial charge in [0.2, 0.25) is 10.0 Å². The third-order valence-electron chi connectivity index (χ3n) is 2.98. The number of hydrogen-bond acceptors (Lipinski definition) is 2. The van der Waals surface area contributed by atoms with Crippen molar-refractivity contribution >= 4 is 21.6 Å². The maximum atomic E-state index is 11.8. The predicted octanol–water partition coefficient (Wildman–Crippen LogP) is 3.11. The van der Waals surface area contributed by atoms with Crippen molar-refractivity contribution < 1.29 is 8.42 Å². The highest BCUT2D eigenvalue weighted by Gasteiger charge is 2.16. The van der Waals surface area contributed by atoms with Crippen molar-refractivity contribution in [1.29, 1.82) is 0 Å². The van der Waals surface area contributed by atoms with Crippen molar-refractivity contribution in [2.75, 3.05) is 6.54 Å². The molecule has 0 saturated heterocycles. The second-order valence-corrected chi connectivity index (χ2v) is 6.61. The highest BCUT2D eigenvalue weighted by Crippen LogP contribution is 2.26. The predicted molar refractivity (Wildman–Crippen MR) is 75.7 cm³/mol.